The lowest BCUT2D eigenvalue weighted by Gasteiger charge is -2.16. The molecule has 1 aromatic rings. The number of benzene rings is 1. The van der Waals surface area contributed by atoms with E-state index in [1.165, 1.54) is 5.56 Å². The van der Waals surface area contributed by atoms with Crippen molar-refractivity contribution in [3.05, 3.63) is 34.3 Å². The molecule has 0 aliphatic carbocycles. The standard InChI is InChI=1S/C12H13BrClNOS/c1-12(8-14)6-11(15-16-12)17-7-9-3-2-4-10(13)5-9/h2-5H,6-8H2,1H3. The van der Waals surface area contributed by atoms with Crippen LogP contribution in [0, 0.1) is 0 Å². The van der Waals surface area contributed by atoms with Crippen LogP contribution >= 0.6 is 39.3 Å². The summed E-state index contributed by atoms with van der Waals surface area (Å²) in [7, 11) is 0. The number of thioether (sulfide) groups is 1. The Kier molecular flexibility index (Phi) is 4.39. The van der Waals surface area contributed by atoms with Crippen LogP contribution in [-0.4, -0.2) is 16.5 Å². The molecule has 1 aliphatic heterocycles. The second-order valence-electron chi connectivity index (χ2n) is 4.26. The minimum absolute atomic E-state index is 0.318. The summed E-state index contributed by atoms with van der Waals surface area (Å²) in [6.45, 7) is 1.98. The molecule has 2 rings (SSSR count). The molecule has 1 aromatic carbocycles. The Morgan fingerprint density at radius 2 is 2.41 bits per heavy atom. The average Bonchev–Trinajstić information content (AvgIpc) is 2.70. The Morgan fingerprint density at radius 3 is 3.06 bits per heavy atom. The summed E-state index contributed by atoms with van der Waals surface area (Å²) in [5, 5.41) is 5.10. The molecule has 1 unspecified atom stereocenters. The summed E-state index contributed by atoms with van der Waals surface area (Å²) < 4.78 is 1.10. The van der Waals surface area contributed by atoms with Gasteiger partial charge in [-0.3, -0.25) is 0 Å². The molecule has 17 heavy (non-hydrogen) atoms. The van der Waals surface area contributed by atoms with E-state index in [4.69, 9.17) is 16.4 Å². The molecular weight excluding hydrogens is 322 g/mol. The van der Waals surface area contributed by atoms with Crippen molar-refractivity contribution in [3.63, 3.8) is 0 Å². The zero-order chi connectivity index (χ0) is 12.3. The highest BCUT2D eigenvalue weighted by atomic mass is 79.9. The number of rotatable bonds is 3. The van der Waals surface area contributed by atoms with E-state index < -0.39 is 0 Å². The van der Waals surface area contributed by atoms with Crippen LogP contribution < -0.4 is 0 Å². The smallest absolute Gasteiger partial charge is 0.154 e. The summed E-state index contributed by atoms with van der Waals surface area (Å²) in [5.74, 6) is 1.37. The SMILES string of the molecule is CC1(CCl)CC(SCc2cccc(Br)c2)=NO1. The topological polar surface area (TPSA) is 21.6 Å². The Hall–Kier alpha value is -0.190. The van der Waals surface area contributed by atoms with Crippen molar-refractivity contribution >= 4 is 44.3 Å². The van der Waals surface area contributed by atoms with Gasteiger partial charge in [-0.15, -0.1) is 23.4 Å². The van der Waals surface area contributed by atoms with E-state index >= 15 is 0 Å². The van der Waals surface area contributed by atoms with Gasteiger partial charge in [0.1, 0.15) is 5.04 Å². The summed E-state index contributed by atoms with van der Waals surface area (Å²) in [5.41, 5.74) is 0.952. The molecule has 0 N–H and O–H groups in total. The van der Waals surface area contributed by atoms with E-state index in [1.54, 1.807) is 11.8 Å². The molecule has 0 saturated carbocycles. The number of hydrogen-bond acceptors (Lipinski definition) is 3. The molecule has 0 bridgehead atoms. The fourth-order valence-corrected chi connectivity index (χ4v) is 3.09. The predicted molar refractivity (Wildman–Crippen MR) is 77.7 cm³/mol. The molecular formula is C12H13BrClNOS. The maximum Gasteiger partial charge on any atom is 0.154 e. The van der Waals surface area contributed by atoms with Crippen molar-refractivity contribution in [1.29, 1.82) is 0 Å². The zero-order valence-electron chi connectivity index (χ0n) is 9.45. The first-order valence-electron chi connectivity index (χ1n) is 5.29. The van der Waals surface area contributed by atoms with Gasteiger partial charge in [-0.2, -0.15) is 0 Å². The Balaban J connectivity index is 1.88. The maximum atomic E-state index is 5.84. The molecule has 92 valence electrons. The van der Waals surface area contributed by atoms with Gasteiger partial charge >= 0.3 is 0 Å². The van der Waals surface area contributed by atoms with Gasteiger partial charge in [0.05, 0.1) is 5.88 Å². The highest BCUT2D eigenvalue weighted by Crippen LogP contribution is 2.30. The lowest BCUT2D eigenvalue weighted by molar-refractivity contribution is 0.0152. The van der Waals surface area contributed by atoms with Crippen LogP contribution in [0.1, 0.15) is 18.9 Å². The van der Waals surface area contributed by atoms with Gasteiger partial charge < -0.3 is 4.84 Å². The second kappa shape index (κ2) is 5.63. The van der Waals surface area contributed by atoms with Crippen LogP contribution in [0.25, 0.3) is 0 Å². The van der Waals surface area contributed by atoms with Crippen LogP contribution in [0.5, 0.6) is 0 Å². The van der Waals surface area contributed by atoms with Gasteiger partial charge in [-0.05, 0) is 24.6 Å². The zero-order valence-corrected chi connectivity index (χ0v) is 12.6. The summed E-state index contributed by atoms with van der Waals surface area (Å²) in [6, 6.07) is 8.28. The van der Waals surface area contributed by atoms with Crippen molar-refractivity contribution in [2.75, 3.05) is 5.88 Å². The van der Waals surface area contributed by atoms with Crippen LogP contribution in [0.2, 0.25) is 0 Å². The monoisotopic (exact) mass is 333 g/mol. The van der Waals surface area contributed by atoms with E-state index in [0.29, 0.717) is 5.88 Å². The Morgan fingerprint density at radius 1 is 1.59 bits per heavy atom. The molecule has 0 amide bonds. The van der Waals surface area contributed by atoms with E-state index in [-0.39, 0.29) is 5.60 Å². The van der Waals surface area contributed by atoms with Gasteiger partial charge in [0.15, 0.2) is 5.60 Å². The number of nitrogens with zero attached hydrogens (tertiary/aromatic N) is 1. The van der Waals surface area contributed by atoms with Crippen molar-refractivity contribution in [3.8, 4) is 0 Å². The molecule has 0 fully saturated rings. The number of oxime groups is 1. The molecule has 5 heteroatoms. The molecule has 2 nitrogen and oxygen atoms in total. The van der Waals surface area contributed by atoms with Crippen molar-refractivity contribution in [2.24, 2.45) is 5.16 Å². The number of halogens is 2. The average molecular weight is 335 g/mol. The van der Waals surface area contributed by atoms with Gasteiger partial charge in [0.2, 0.25) is 0 Å². The van der Waals surface area contributed by atoms with Crippen LogP contribution in [0.4, 0.5) is 0 Å². The van der Waals surface area contributed by atoms with Crippen molar-refractivity contribution < 1.29 is 4.84 Å². The highest BCUT2D eigenvalue weighted by molar-refractivity contribution is 9.10. The molecule has 0 spiro atoms. The molecule has 1 heterocycles. The number of alkyl halides is 1. The first-order chi connectivity index (χ1) is 8.11. The fourth-order valence-electron chi connectivity index (χ4n) is 1.49. The molecule has 1 aliphatic rings. The molecule has 1 atom stereocenters. The summed E-state index contributed by atoms with van der Waals surface area (Å²) in [6.07, 6.45) is 0.801. The Bertz CT molecular complexity index is 440. The van der Waals surface area contributed by atoms with Crippen LogP contribution in [-0.2, 0) is 10.6 Å². The Labute approximate surface area is 119 Å². The summed E-state index contributed by atoms with van der Waals surface area (Å²) in [4.78, 5) is 5.34. The predicted octanol–water partition coefficient (Wildman–Crippen LogP) is 4.41. The molecule has 0 aromatic heterocycles. The van der Waals surface area contributed by atoms with Crippen LogP contribution in [0.3, 0.4) is 0 Å². The van der Waals surface area contributed by atoms with Gasteiger partial charge in [0, 0.05) is 16.6 Å². The first-order valence-corrected chi connectivity index (χ1v) is 7.61. The number of hydrogen-bond donors (Lipinski definition) is 0. The first kappa shape index (κ1) is 13.2. The third-order valence-corrected chi connectivity index (χ3v) is 4.56. The maximum absolute atomic E-state index is 5.84. The fraction of sp³-hybridized carbons (Fsp3) is 0.417. The summed E-state index contributed by atoms with van der Waals surface area (Å²) >= 11 is 11.0. The van der Waals surface area contributed by atoms with Gasteiger partial charge in [-0.1, -0.05) is 33.2 Å². The van der Waals surface area contributed by atoms with E-state index in [0.717, 1.165) is 21.7 Å². The second-order valence-corrected chi connectivity index (χ2v) is 6.49. The quantitative estimate of drug-likeness (QED) is 0.763. The van der Waals surface area contributed by atoms with Crippen molar-refractivity contribution in [1.82, 2.24) is 0 Å². The van der Waals surface area contributed by atoms with Crippen molar-refractivity contribution in [2.45, 2.75) is 24.7 Å². The van der Waals surface area contributed by atoms with E-state index in [1.807, 2.05) is 19.1 Å². The van der Waals surface area contributed by atoms with E-state index in [2.05, 4.69) is 33.2 Å². The molecule has 0 saturated heterocycles. The third-order valence-electron chi connectivity index (χ3n) is 2.47. The minimum Gasteiger partial charge on any atom is -0.387 e. The van der Waals surface area contributed by atoms with E-state index in [9.17, 15) is 0 Å². The third kappa shape index (κ3) is 3.63. The highest BCUT2D eigenvalue weighted by Gasteiger charge is 2.33. The van der Waals surface area contributed by atoms with Gasteiger partial charge in [-0.25, -0.2) is 0 Å². The van der Waals surface area contributed by atoms with Crippen LogP contribution in [0.15, 0.2) is 33.9 Å². The lowest BCUT2D eigenvalue weighted by atomic mass is 10.1. The lowest BCUT2D eigenvalue weighted by Crippen LogP contribution is -2.26. The van der Waals surface area contributed by atoms with Gasteiger partial charge in [0.25, 0.3) is 0 Å². The largest absolute Gasteiger partial charge is 0.387 e. The minimum atomic E-state index is -0.318. The molecule has 0 radical (unpaired) electrons. The normalized spacial score (nSPS) is 23.4.